The predicted molar refractivity (Wildman–Crippen MR) is 110 cm³/mol. The minimum absolute atomic E-state index is 0.0357. The molecule has 0 saturated heterocycles. The van der Waals surface area contributed by atoms with Gasteiger partial charge in [0.2, 0.25) is 11.6 Å². The van der Waals surface area contributed by atoms with Crippen molar-refractivity contribution in [2.45, 2.75) is 6.54 Å². The van der Waals surface area contributed by atoms with Crippen molar-refractivity contribution >= 4 is 29.4 Å². The zero-order valence-electron chi connectivity index (χ0n) is 16.0. The minimum atomic E-state index is -1.15. The number of aromatic nitrogens is 4. The van der Waals surface area contributed by atoms with Crippen LogP contribution in [0.1, 0.15) is 15.9 Å². The molecule has 0 spiro atoms. The number of carboxylic acid groups (broad SMARTS) is 1. The van der Waals surface area contributed by atoms with Gasteiger partial charge in [0.25, 0.3) is 5.91 Å². The van der Waals surface area contributed by atoms with Gasteiger partial charge in [-0.1, -0.05) is 35.0 Å². The van der Waals surface area contributed by atoms with E-state index in [0.29, 0.717) is 16.3 Å². The van der Waals surface area contributed by atoms with Crippen LogP contribution in [0.3, 0.4) is 0 Å². The molecular weight excluding hydrogens is 444 g/mol. The first-order chi connectivity index (χ1) is 15.4. The summed E-state index contributed by atoms with van der Waals surface area (Å²) in [5.74, 6) is -1.48. The molecule has 4 rings (SSSR count). The molecule has 0 aliphatic rings. The molecule has 32 heavy (non-hydrogen) atoms. The van der Waals surface area contributed by atoms with E-state index in [-0.39, 0.29) is 29.4 Å². The number of rotatable bonds is 6. The molecule has 0 aliphatic heterocycles. The molecule has 4 aromatic rings. The van der Waals surface area contributed by atoms with Crippen molar-refractivity contribution in [2.24, 2.45) is 0 Å². The van der Waals surface area contributed by atoms with E-state index >= 15 is 0 Å². The van der Waals surface area contributed by atoms with E-state index in [4.69, 9.17) is 25.9 Å². The first-order valence-corrected chi connectivity index (χ1v) is 9.35. The number of hydrogen-bond acceptors (Lipinski definition) is 8. The molecular formula is C19H13ClN6O6. The smallest absolute Gasteiger partial charge is 0.446 e. The Kier molecular flexibility index (Phi) is 5.68. The zero-order valence-corrected chi connectivity index (χ0v) is 16.7. The summed E-state index contributed by atoms with van der Waals surface area (Å²) in [5.41, 5.74) is 1.27. The Labute approximate surface area is 183 Å². The van der Waals surface area contributed by atoms with Crippen LogP contribution in [-0.4, -0.2) is 37.1 Å². The maximum atomic E-state index is 12.6. The van der Waals surface area contributed by atoms with E-state index in [2.05, 4.69) is 26.1 Å². The minimum Gasteiger partial charge on any atom is -0.465 e. The summed E-state index contributed by atoms with van der Waals surface area (Å²) in [4.78, 5) is 35.4. The summed E-state index contributed by atoms with van der Waals surface area (Å²) in [7, 11) is 0. The molecule has 0 fully saturated rings. The third kappa shape index (κ3) is 4.34. The fraction of sp³-hybridized carbons (Fsp3) is 0.0526. The normalized spacial score (nSPS) is 10.7. The SMILES string of the molecule is O=C(O)NCc1ccc(C(=O)Nc2nonc2-c2noc(=O)n2-c2cccc(Cl)c2)cc1. The Balaban J connectivity index is 1.59. The van der Waals surface area contributed by atoms with Gasteiger partial charge in [0.15, 0.2) is 5.69 Å². The summed E-state index contributed by atoms with van der Waals surface area (Å²) in [6.45, 7) is 0.0990. The van der Waals surface area contributed by atoms with Gasteiger partial charge in [0.05, 0.1) is 5.69 Å². The molecule has 0 saturated carbocycles. The highest BCUT2D eigenvalue weighted by Crippen LogP contribution is 2.25. The van der Waals surface area contributed by atoms with E-state index in [0.717, 1.165) is 4.57 Å². The van der Waals surface area contributed by atoms with Gasteiger partial charge in [-0.3, -0.25) is 9.32 Å². The maximum Gasteiger partial charge on any atom is 0.446 e. The highest BCUT2D eigenvalue weighted by Gasteiger charge is 2.24. The number of nitrogens with zero attached hydrogens (tertiary/aromatic N) is 4. The first kappa shape index (κ1) is 20.8. The van der Waals surface area contributed by atoms with Crippen LogP contribution in [-0.2, 0) is 6.54 Å². The molecule has 0 radical (unpaired) electrons. The Morgan fingerprint density at radius 1 is 1.09 bits per heavy atom. The Morgan fingerprint density at radius 3 is 2.59 bits per heavy atom. The fourth-order valence-electron chi connectivity index (χ4n) is 2.79. The quantitative estimate of drug-likeness (QED) is 0.395. The lowest BCUT2D eigenvalue weighted by Crippen LogP contribution is -2.20. The van der Waals surface area contributed by atoms with Crippen LogP contribution >= 0.6 is 11.6 Å². The van der Waals surface area contributed by atoms with Gasteiger partial charge in [0, 0.05) is 17.1 Å². The van der Waals surface area contributed by atoms with Crippen LogP contribution < -0.4 is 16.4 Å². The number of nitrogens with one attached hydrogen (secondary N) is 2. The summed E-state index contributed by atoms with van der Waals surface area (Å²) < 4.78 is 10.6. The van der Waals surface area contributed by atoms with E-state index in [1.807, 2.05) is 0 Å². The maximum absolute atomic E-state index is 12.6. The van der Waals surface area contributed by atoms with Gasteiger partial charge in [-0.25, -0.2) is 18.8 Å². The molecule has 3 N–H and O–H groups in total. The second-order valence-corrected chi connectivity index (χ2v) is 6.79. The van der Waals surface area contributed by atoms with Crippen molar-refractivity contribution < 1.29 is 23.8 Å². The second-order valence-electron chi connectivity index (χ2n) is 6.36. The van der Waals surface area contributed by atoms with Crippen molar-refractivity contribution in [3.8, 4) is 17.2 Å². The molecule has 2 aromatic heterocycles. The zero-order chi connectivity index (χ0) is 22.7. The molecule has 0 unspecified atom stereocenters. The lowest BCUT2D eigenvalue weighted by atomic mass is 10.1. The van der Waals surface area contributed by atoms with E-state index in [1.54, 1.807) is 30.3 Å². The van der Waals surface area contributed by atoms with Crippen LogP contribution in [0.4, 0.5) is 10.6 Å². The molecule has 0 bridgehead atoms. The van der Waals surface area contributed by atoms with Gasteiger partial charge in [-0.15, -0.1) is 0 Å². The number of carbonyl (C=O) groups is 2. The third-order valence-electron chi connectivity index (χ3n) is 4.26. The largest absolute Gasteiger partial charge is 0.465 e. The summed E-state index contributed by atoms with van der Waals surface area (Å²) in [5, 5.41) is 24.9. The summed E-state index contributed by atoms with van der Waals surface area (Å²) in [6.07, 6.45) is -1.15. The summed E-state index contributed by atoms with van der Waals surface area (Å²) in [6, 6.07) is 12.6. The number of carbonyl (C=O) groups excluding carboxylic acids is 1. The first-order valence-electron chi connectivity index (χ1n) is 8.97. The monoisotopic (exact) mass is 456 g/mol. The average molecular weight is 457 g/mol. The molecule has 13 heteroatoms. The molecule has 162 valence electrons. The van der Waals surface area contributed by atoms with Crippen molar-refractivity contribution in [2.75, 3.05) is 5.32 Å². The van der Waals surface area contributed by atoms with Crippen LogP contribution in [0.25, 0.3) is 17.2 Å². The van der Waals surface area contributed by atoms with Crippen molar-refractivity contribution in [3.05, 3.63) is 75.2 Å². The number of hydrogen-bond donors (Lipinski definition) is 3. The molecule has 12 nitrogen and oxygen atoms in total. The Bertz CT molecular complexity index is 1340. The molecule has 2 aromatic carbocycles. The van der Waals surface area contributed by atoms with Crippen LogP contribution in [0, 0.1) is 0 Å². The highest BCUT2D eigenvalue weighted by atomic mass is 35.5. The lowest BCUT2D eigenvalue weighted by Gasteiger charge is -2.06. The lowest BCUT2D eigenvalue weighted by molar-refractivity contribution is 0.102. The predicted octanol–water partition coefficient (Wildman–Crippen LogP) is 2.55. The van der Waals surface area contributed by atoms with E-state index in [1.165, 1.54) is 18.2 Å². The number of halogens is 1. The number of benzene rings is 2. The topological polar surface area (TPSA) is 165 Å². The van der Waals surface area contributed by atoms with E-state index in [9.17, 15) is 14.4 Å². The molecule has 0 aliphatic carbocycles. The van der Waals surface area contributed by atoms with Crippen molar-refractivity contribution in [3.63, 3.8) is 0 Å². The molecule has 2 amide bonds. The second kappa shape index (κ2) is 8.73. The standard InChI is InChI=1S/C19H13ClN6O6/c20-12-2-1-3-13(8-12)26-16(25-31-19(26)30)14-15(24-32-23-14)22-17(27)11-6-4-10(5-7-11)9-21-18(28)29/h1-8,21H,9H2,(H,28,29)(H,22,24,27). The third-order valence-corrected chi connectivity index (χ3v) is 4.50. The van der Waals surface area contributed by atoms with Crippen molar-refractivity contribution in [1.82, 2.24) is 25.4 Å². The van der Waals surface area contributed by atoms with Crippen LogP contribution in [0.5, 0.6) is 0 Å². The van der Waals surface area contributed by atoms with Gasteiger partial charge in [0.1, 0.15) is 0 Å². The molecule has 2 heterocycles. The van der Waals surface area contributed by atoms with Crippen LogP contribution in [0.15, 0.2) is 62.5 Å². The molecule has 0 atom stereocenters. The van der Waals surface area contributed by atoms with Gasteiger partial charge in [-0.05, 0) is 46.2 Å². The fourth-order valence-corrected chi connectivity index (χ4v) is 2.98. The highest BCUT2D eigenvalue weighted by molar-refractivity contribution is 6.30. The van der Waals surface area contributed by atoms with Gasteiger partial charge >= 0.3 is 11.8 Å². The number of anilines is 1. The van der Waals surface area contributed by atoms with Gasteiger partial charge < -0.3 is 15.7 Å². The average Bonchev–Trinajstić information content (AvgIpc) is 3.38. The number of amides is 2. The Morgan fingerprint density at radius 2 is 1.88 bits per heavy atom. The van der Waals surface area contributed by atoms with Crippen molar-refractivity contribution in [1.29, 1.82) is 0 Å². The summed E-state index contributed by atoms with van der Waals surface area (Å²) >= 11 is 6.00. The van der Waals surface area contributed by atoms with Crippen LogP contribution in [0.2, 0.25) is 5.02 Å². The van der Waals surface area contributed by atoms with E-state index < -0.39 is 17.8 Å². The van der Waals surface area contributed by atoms with Gasteiger partial charge in [-0.2, -0.15) is 0 Å². The Hall–Kier alpha value is -4.45.